The van der Waals surface area contributed by atoms with Crippen LogP contribution in [-0.4, -0.2) is 54.7 Å². The first-order valence-corrected chi connectivity index (χ1v) is 10.9. The highest BCUT2D eigenvalue weighted by molar-refractivity contribution is 7.09. The highest BCUT2D eigenvalue weighted by Crippen LogP contribution is 2.28. The highest BCUT2D eigenvalue weighted by atomic mass is 32.1. The van der Waals surface area contributed by atoms with E-state index in [1.807, 2.05) is 29.6 Å². The Kier molecular flexibility index (Phi) is 7.44. The van der Waals surface area contributed by atoms with Crippen LogP contribution >= 0.6 is 11.3 Å². The Balaban J connectivity index is 1.59. The molecule has 0 spiro atoms. The van der Waals surface area contributed by atoms with Gasteiger partial charge < -0.3 is 14.2 Å². The predicted molar refractivity (Wildman–Crippen MR) is 114 cm³/mol. The van der Waals surface area contributed by atoms with Gasteiger partial charge in [0.25, 0.3) is 0 Å². The Morgan fingerprint density at radius 3 is 2.67 bits per heavy atom. The molecule has 2 aromatic rings. The molecule has 1 aliphatic heterocycles. The van der Waals surface area contributed by atoms with Gasteiger partial charge in [0.05, 0.1) is 24.4 Å². The van der Waals surface area contributed by atoms with Crippen molar-refractivity contribution in [3.05, 3.63) is 45.9 Å². The molecule has 7 nitrogen and oxygen atoms in total. The largest absolute Gasteiger partial charge is 0.482 e. The van der Waals surface area contributed by atoms with E-state index in [-0.39, 0.29) is 31.3 Å². The zero-order chi connectivity index (χ0) is 21.7. The minimum atomic E-state index is -0.417. The van der Waals surface area contributed by atoms with Gasteiger partial charge in [0.15, 0.2) is 12.7 Å². The number of hydrogen-bond acceptors (Lipinski definition) is 8. The number of carbonyl (C=O) groups excluding carboxylic acids is 2. The van der Waals surface area contributed by atoms with Gasteiger partial charge in [0.2, 0.25) is 0 Å². The third-order valence-corrected chi connectivity index (χ3v) is 6.20. The van der Waals surface area contributed by atoms with Gasteiger partial charge in [-0.1, -0.05) is 26.0 Å². The summed E-state index contributed by atoms with van der Waals surface area (Å²) in [6.07, 6.45) is 0.456. The summed E-state index contributed by atoms with van der Waals surface area (Å²) < 4.78 is 15.5. The summed E-state index contributed by atoms with van der Waals surface area (Å²) in [6, 6.07) is 7.77. The molecule has 2 atom stereocenters. The van der Waals surface area contributed by atoms with Crippen molar-refractivity contribution in [2.45, 2.75) is 45.3 Å². The summed E-state index contributed by atoms with van der Waals surface area (Å²) in [7, 11) is 1.33. The molecular formula is C22H28N2O5S. The number of carbonyl (C=O) groups is 2. The highest BCUT2D eigenvalue weighted by Gasteiger charge is 2.32. The molecule has 0 amide bonds. The molecule has 1 aliphatic rings. The molecule has 0 radical (unpaired) electrons. The number of rotatable bonds is 8. The number of cyclic esters (lactones) is 1. The molecule has 162 valence electrons. The lowest BCUT2D eigenvalue weighted by Gasteiger charge is -2.35. The lowest BCUT2D eigenvalue weighted by Crippen LogP contribution is -2.46. The van der Waals surface area contributed by atoms with E-state index in [2.05, 4.69) is 35.4 Å². The van der Waals surface area contributed by atoms with E-state index in [9.17, 15) is 9.59 Å². The third-order valence-electron chi connectivity index (χ3n) is 5.03. The van der Waals surface area contributed by atoms with Gasteiger partial charge in [-0.3, -0.25) is 9.69 Å². The first-order valence-electron chi connectivity index (χ1n) is 10.0. The normalized spacial score (nSPS) is 18.2. The van der Waals surface area contributed by atoms with Crippen molar-refractivity contribution in [2.75, 3.05) is 26.8 Å². The van der Waals surface area contributed by atoms with E-state index in [1.54, 1.807) is 11.3 Å². The molecule has 3 rings (SSSR count). The summed E-state index contributed by atoms with van der Waals surface area (Å²) in [4.78, 5) is 30.2. The van der Waals surface area contributed by atoms with E-state index < -0.39 is 5.97 Å². The van der Waals surface area contributed by atoms with Crippen molar-refractivity contribution in [3.8, 4) is 5.75 Å². The van der Waals surface area contributed by atoms with Gasteiger partial charge >= 0.3 is 11.9 Å². The maximum absolute atomic E-state index is 12.2. The van der Waals surface area contributed by atoms with E-state index >= 15 is 0 Å². The monoisotopic (exact) mass is 432 g/mol. The Morgan fingerprint density at radius 2 is 2.03 bits per heavy atom. The zero-order valence-corrected chi connectivity index (χ0v) is 18.6. The number of hydrogen-bond donors (Lipinski definition) is 0. The van der Waals surface area contributed by atoms with Crippen LogP contribution in [0.15, 0.2) is 29.6 Å². The third kappa shape index (κ3) is 5.79. The standard InChI is InChI=1S/C22H28N2O5S/c1-14(2)22-23-18(13-30-22)19-10-24(11-20(25)29-19)15(3)9-16-5-7-17(8-6-16)28-12-21(26)27-4/h5-8,13-15,19H,9-12H2,1-4H3. The van der Waals surface area contributed by atoms with Crippen LogP contribution in [0.1, 0.15) is 49.1 Å². The second kappa shape index (κ2) is 10.0. The molecule has 1 aromatic heterocycles. The van der Waals surface area contributed by atoms with E-state index in [0.717, 1.165) is 22.7 Å². The molecule has 1 saturated heterocycles. The van der Waals surface area contributed by atoms with Crippen molar-refractivity contribution in [1.29, 1.82) is 0 Å². The number of morpholine rings is 1. The van der Waals surface area contributed by atoms with Gasteiger partial charge in [-0.15, -0.1) is 11.3 Å². The SMILES string of the molecule is COC(=O)COc1ccc(CC(C)N2CC(=O)OC(c3csc(C(C)C)n3)C2)cc1. The molecule has 1 aromatic carbocycles. The van der Waals surface area contributed by atoms with Gasteiger partial charge in [0.1, 0.15) is 5.75 Å². The van der Waals surface area contributed by atoms with Crippen molar-refractivity contribution in [1.82, 2.24) is 9.88 Å². The fraction of sp³-hybridized carbons (Fsp3) is 0.500. The minimum Gasteiger partial charge on any atom is -0.482 e. The molecule has 8 heteroatoms. The van der Waals surface area contributed by atoms with Crippen LogP contribution in [0.25, 0.3) is 0 Å². The summed E-state index contributed by atoms with van der Waals surface area (Å²) in [5, 5.41) is 3.05. The number of benzene rings is 1. The van der Waals surface area contributed by atoms with Gasteiger partial charge in [0, 0.05) is 23.9 Å². The number of methoxy groups -OCH3 is 1. The average molecular weight is 433 g/mol. The van der Waals surface area contributed by atoms with Gasteiger partial charge in [-0.2, -0.15) is 0 Å². The van der Waals surface area contributed by atoms with E-state index in [0.29, 0.717) is 18.2 Å². The van der Waals surface area contributed by atoms with Crippen LogP contribution in [0.4, 0.5) is 0 Å². The van der Waals surface area contributed by atoms with Crippen LogP contribution in [0.5, 0.6) is 5.75 Å². The number of aromatic nitrogens is 1. The second-order valence-electron chi connectivity index (χ2n) is 7.74. The molecule has 2 unspecified atom stereocenters. The summed E-state index contributed by atoms with van der Waals surface area (Å²) in [5.41, 5.74) is 1.96. The number of ether oxygens (including phenoxy) is 3. The molecule has 0 bridgehead atoms. The van der Waals surface area contributed by atoms with Gasteiger partial charge in [-0.25, -0.2) is 9.78 Å². The minimum absolute atomic E-state index is 0.112. The smallest absolute Gasteiger partial charge is 0.343 e. The summed E-state index contributed by atoms with van der Waals surface area (Å²) in [5.74, 6) is 0.337. The molecular weight excluding hydrogens is 404 g/mol. The average Bonchev–Trinajstić information content (AvgIpc) is 3.23. The van der Waals surface area contributed by atoms with Crippen LogP contribution in [0, 0.1) is 0 Å². The first-order chi connectivity index (χ1) is 14.4. The Labute approximate surface area is 181 Å². The van der Waals surface area contributed by atoms with Crippen molar-refractivity contribution in [3.63, 3.8) is 0 Å². The maximum Gasteiger partial charge on any atom is 0.343 e. The Hall–Kier alpha value is -2.45. The van der Waals surface area contributed by atoms with E-state index in [1.165, 1.54) is 7.11 Å². The lowest BCUT2D eigenvalue weighted by molar-refractivity contribution is -0.161. The topological polar surface area (TPSA) is 78.0 Å². The van der Waals surface area contributed by atoms with Crippen LogP contribution in [0.2, 0.25) is 0 Å². The molecule has 0 N–H and O–H groups in total. The molecule has 2 heterocycles. The molecule has 30 heavy (non-hydrogen) atoms. The van der Waals surface area contributed by atoms with Gasteiger partial charge in [-0.05, 0) is 31.0 Å². The van der Waals surface area contributed by atoms with Crippen molar-refractivity contribution in [2.24, 2.45) is 0 Å². The molecule has 1 fully saturated rings. The number of nitrogens with zero attached hydrogens (tertiary/aromatic N) is 2. The molecule has 0 aliphatic carbocycles. The summed E-state index contributed by atoms with van der Waals surface area (Å²) >= 11 is 1.61. The predicted octanol–water partition coefficient (Wildman–Crippen LogP) is 3.35. The summed E-state index contributed by atoms with van der Waals surface area (Å²) in [6.45, 7) is 7.12. The Bertz CT molecular complexity index is 865. The Morgan fingerprint density at radius 1 is 1.30 bits per heavy atom. The quantitative estimate of drug-likeness (QED) is 0.592. The van der Waals surface area contributed by atoms with Crippen LogP contribution < -0.4 is 4.74 Å². The van der Waals surface area contributed by atoms with Crippen molar-refractivity contribution >= 4 is 23.3 Å². The second-order valence-corrected chi connectivity index (χ2v) is 8.62. The molecule has 0 saturated carbocycles. The first kappa shape index (κ1) is 22.2. The van der Waals surface area contributed by atoms with Crippen LogP contribution in [0.3, 0.4) is 0 Å². The van der Waals surface area contributed by atoms with Crippen LogP contribution in [-0.2, 0) is 25.5 Å². The maximum atomic E-state index is 12.2. The fourth-order valence-electron chi connectivity index (χ4n) is 3.27. The fourth-order valence-corrected chi connectivity index (χ4v) is 4.15. The number of thiazole rings is 1. The zero-order valence-electron chi connectivity index (χ0n) is 17.8. The van der Waals surface area contributed by atoms with E-state index in [4.69, 9.17) is 9.47 Å². The van der Waals surface area contributed by atoms with Crippen molar-refractivity contribution < 1.29 is 23.8 Å². The number of esters is 2. The lowest BCUT2D eigenvalue weighted by atomic mass is 10.0.